The van der Waals surface area contributed by atoms with Crippen LogP contribution in [0.5, 0.6) is 0 Å². The number of aliphatic imine (C=N–C) groups is 1. The van der Waals surface area contributed by atoms with Crippen molar-refractivity contribution in [2.45, 2.75) is 19.4 Å². The molecule has 0 aliphatic rings. The van der Waals surface area contributed by atoms with E-state index in [1.54, 1.807) is 6.07 Å². The first-order chi connectivity index (χ1) is 8.62. The standard InChI is InChI=1S/C12H13Cl2N3S/c1-3-11(17-12(18-2)16-7-15)8-4-5-9(13)10(14)6-8/h4-6,11H,3H2,1-2H3,(H,16,17)/t11-/m1/s1. The lowest BCUT2D eigenvalue weighted by Gasteiger charge is -2.13. The number of amidine groups is 1. The molecule has 18 heavy (non-hydrogen) atoms. The average molecular weight is 302 g/mol. The molecule has 1 atom stereocenters. The lowest BCUT2D eigenvalue weighted by molar-refractivity contribution is 0.701. The maximum Gasteiger partial charge on any atom is 0.183 e. The van der Waals surface area contributed by atoms with E-state index >= 15 is 0 Å². The lowest BCUT2D eigenvalue weighted by Crippen LogP contribution is -2.14. The van der Waals surface area contributed by atoms with Gasteiger partial charge in [0.2, 0.25) is 0 Å². The van der Waals surface area contributed by atoms with Crippen molar-refractivity contribution in [3.05, 3.63) is 33.8 Å². The summed E-state index contributed by atoms with van der Waals surface area (Å²) in [4.78, 5) is 4.49. The zero-order chi connectivity index (χ0) is 13.5. The maximum atomic E-state index is 8.61. The van der Waals surface area contributed by atoms with Crippen molar-refractivity contribution in [1.29, 1.82) is 5.26 Å². The number of benzene rings is 1. The average Bonchev–Trinajstić information content (AvgIpc) is 2.38. The smallest absolute Gasteiger partial charge is 0.183 e. The van der Waals surface area contributed by atoms with Crippen LogP contribution in [0.1, 0.15) is 24.9 Å². The van der Waals surface area contributed by atoms with Gasteiger partial charge in [0.25, 0.3) is 0 Å². The van der Waals surface area contributed by atoms with E-state index in [1.165, 1.54) is 11.8 Å². The summed E-state index contributed by atoms with van der Waals surface area (Å²) >= 11 is 13.3. The van der Waals surface area contributed by atoms with Gasteiger partial charge in [-0.25, -0.2) is 0 Å². The Hall–Kier alpha value is -0.890. The van der Waals surface area contributed by atoms with Crippen LogP contribution in [0.3, 0.4) is 0 Å². The third-order valence-electron chi connectivity index (χ3n) is 2.34. The Labute approximate surface area is 121 Å². The number of hydrogen-bond acceptors (Lipinski definition) is 3. The Balaban J connectivity index is 3.02. The van der Waals surface area contributed by atoms with Crippen LogP contribution in [0.25, 0.3) is 0 Å². The molecule has 6 heteroatoms. The van der Waals surface area contributed by atoms with Gasteiger partial charge in [-0.1, -0.05) is 48.0 Å². The minimum Gasteiger partial charge on any atom is -0.272 e. The maximum absolute atomic E-state index is 8.61. The number of nitriles is 1. The van der Waals surface area contributed by atoms with Crippen LogP contribution in [-0.4, -0.2) is 11.4 Å². The van der Waals surface area contributed by atoms with Crippen molar-refractivity contribution >= 4 is 40.1 Å². The quantitative estimate of drug-likeness (QED) is 0.393. The number of nitrogens with zero attached hydrogens (tertiary/aromatic N) is 2. The largest absolute Gasteiger partial charge is 0.272 e. The molecule has 0 bridgehead atoms. The van der Waals surface area contributed by atoms with Crippen molar-refractivity contribution in [2.24, 2.45) is 4.99 Å². The number of halogens is 2. The molecule has 0 saturated carbocycles. The molecule has 1 N–H and O–H groups in total. The summed E-state index contributed by atoms with van der Waals surface area (Å²) < 4.78 is 0. The Morgan fingerprint density at radius 1 is 1.50 bits per heavy atom. The summed E-state index contributed by atoms with van der Waals surface area (Å²) in [7, 11) is 0. The molecule has 96 valence electrons. The van der Waals surface area contributed by atoms with Gasteiger partial charge in [0.05, 0.1) is 16.1 Å². The van der Waals surface area contributed by atoms with Gasteiger partial charge in [0, 0.05) is 0 Å². The van der Waals surface area contributed by atoms with Crippen molar-refractivity contribution < 1.29 is 0 Å². The van der Waals surface area contributed by atoms with E-state index in [0.29, 0.717) is 15.2 Å². The molecular formula is C12H13Cl2N3S. The first-order valence-corrected chi connectivity index (χ1v) is 7.32. The van der Waals surface area contributed by atoms with Crippen LogP contribution in [-0.2, 0) is 0 Å². The third kappa shape index (κ3) is 4.09. The molecule has 0 aromatic heterocycles. The molecule has 3 nitrogen and oxygen atoms in total. The number of rotatable bonds is 3. The Morgan fingerprint density at radius 2 is 2.22 bits per heavy atom. The highest BCUT2D eigenvalue weighted by Crippen LogP contribution is 2.29. The second kappa shape index (κ2) is 7.52. The first kappa shape index (κ1) is 15.2. The summed E-state index contributed by atoms with van der Waals surface area (Å²) in [6.45, 7) is 2.03. The molecule has 1 aromatic carbocycles. The van der Waals surface area contributed by atoms with Crippen molar-refractivity contribution in [3.8, 4) is 6.19 Å². The van der Waals surface area contributed by atoms with Gasteiger partial charge in [-0.15, -0.1) is 0 Å². The van der Waals surface area contributed by atoms with Crippen LogP contribution >= 0.6 is 35.0 Å². The van der Waals surface area contributed by atoms with E-state index in [0.717, 1.165) is 12.0 Å². The summed E-state index contributed by atoms with van der Waals surface area (Å²) in [5.74, 6) is 0. The SMILES string of the molecule is CC[C@@H](N=C(NC#N)SC)c1ccc(Cl)c(Cl)c1. The van der Waals surface area contributed by atoms with E-state index in [-0.39, 0.29) is 6.04 Å². The highest BCUT2D eigenvalue weighted by atomic mass is 35.5. The van der Waals surface area contributed by atoms with Crippen LogP contribution < -0.4 is 5.32 Å². The number of nitrogens with one attached hydrogen (secondary N) is 1. The summed E-state index contributed by atoms with van der Waals surface area (Å²) in [6, 6.07) is 5.43. The van der Waals surface area contributed by atoms with E-state index in [2.05, 4.69) is 10.3 Å². The molecule has 0 fully saturated rings. The van der Waals surface area contributed by atoms with E-state index in [1.807, 2.05) is 31.5 Å². The molecule has 1 rings (SSSR count). The monoisotopic (exact) mass is 301 g/mol. The summed E-state index contributed by atoms with van der Waals surface area (Å²) in [5, 5.41) is 12.8. The van der Waals surface area contributed by atoms with Crippen molar-refractivity contribution in [1.82, 2.24) is 5.32 Å². The summed E-state index contributed by atoms with van der Waals surface area (Å²) in [6.07, 6.45) is 4.55. The van der Waals surface area contributed by atoms with Crippen LogP contribution in [0, 0.1) is 11.5 Å². The van der Waals surface area contributed by atoms with Gasteiger partial charge >= 0.3 is 0 Å². The first-order valence-electron chi connectivity index (χ1n) is 5.34. The Kier molecular flexibility index (Phi) is 6.34. The summed E-state index contributed by atoms with van der Waals surface area (Å²) in [5.41, 5.74) is 0.984. The highest BCUT2D eigenvalue weighted by Gasteiger charge is 2.11. The minimum atomic E-state index is -0.0388. The topological polar surface area (TPSA) is 48.2 Å². The van der Waals surface area contributed by atoms with E-state index in [9.17, 15) is 0 Å². The number of hydrogen-bond donors (Lipinski definition) is 1. The van der Waals surface area contributed by atoms with Crippen LogP contribution in [0.4, 0.5) is 0 Å². The van der Waals surface area contributed by atoms with Crippen LogP contribution in [0.15, 0.2) is 23.2 Å². The molecule has 0 radical (unpaired) electrons. The van der Waals surface area contributed by atoms with Gasteiger partial charge in [0.1, 0.15) is 0 Å². The molecule has 0 saturated heterocycles. The zero-order valence-electron chi connectivity index (χ0n) is 10.1. The molecule has 0 amide bonds. The van der Waals surface area contributed by atoms with Crippen molar-refractivity contribution in [3.63, 3.8) is 0 Å². The molecule has 0 spiro atoms. The van der Waals surface area contributed by atoms with E-state index < -0.39 is 0 Å². The van der Waals surface area contributed by atoms with Gasteiger partial charge in [0.15, 0.2) is 11.4 Å². The normalized spacial score (nSPS) is 12.9. The minimum absolute atomic E-state index is 0.0388. The fraction of sp³-hybridized carbons (Fsp3) is 0.333. The Morgan fingerprint density at radius 3 is 2.72 bits per heavy atom. The van der Waals surface area contributed by atoms with Crippen LogP contribution in [0.2, 0.25) is 10.0 Å². The second-order valence-corrected chi connectivity index (χ2v) is 5.08. The van der Waals surface area contributed by atoms with E-state index in [4.69, 9.17) is 28.5 Å². The Bertz CT molecular complexity index is 483. The fourth-order valence-corrected chi connectivity index (χ4v) is 2.13. The molecule has 0 unspecified atom stereocenters. The predicted molar refractivity (Wildman–Crippen MR) is 79.2 cm³/mol. The molecular weight excluding hydrogens is 289 g/mol. The fourth-order valence-electron chi connectivity index (χ4n) is 1.45. The number of thioether (sulfide) groups is 1. The van der Waals surface area contributed by atoms with Gasteiger partial charge in [-0.05, 0) is 30.4 Å². The molecule has 0 heterocycles. The zero-order valence-corrected chi connectivity index (χ0v) is 12.4. The second-order valence-electron chi connectivity index (χ2n) is 3.47. The molecule has 1 aromatic rings. The van der Waals surface area contributed by atoms with Crippen molar-refractivity contribution in [2.75, 3.05) is 6.26 Å². The molecule has 0 aliphatic heterocycles. The van der Waals surface area contributed by atoms with Gasteiger partial charge in [-0.3, -0.25) is 10.3 Å². The molecule has 0 aliphatic carbocycles. The van der Waals surface area contributed by atoms with Gasteiger partial charge < -0.3 is 0 Å². The lowest BCUT2D eigenvalue weighted by atomic mass is 10.1. The third-order valence-corrected chi connectivity index (χ3v) is 3.68. The van der Waals surface area contributed by atoms with Gasteiger partial charge in [-0.2, -0.15) is 5.26 Å². The highest BCUT2D eigenvalue weighted by molar-refractivity contribution is 8.13. The predicted octanol–water partition coefficient (Wildman–Crippen LogP) is 4.23.